The zero-order valence-corrected chi connectivity index (χ0v) is 14.4. The van der Waals surface area contributed by atoms with Crippen LogP contribution >= 0.6 is 0 Å². The summed E-state index contributed by atoms with van der Waals surface area (Å²) < 4.78 is 42.1. The molecule has 0 N–H and O–H groups in total. The number of halogens is 4. The van der Waals surface area contributed by atoms with Crippen LogP contribution in [0.15, 0.2) is 0 Å². The molecular weight excluding hydrogens is 392 g/mol. The summed E-state index contributed by atoms with van der Waals surface area (Å²) in [5.41, 5.74) is 0. The molecule has 0 unspecified atom stereocenters. The van der Waals surface area contributed by atoms with Crippen LogP contribution in [0.2, 0.25) is 0 Å². The molecule has 0 atom stereocenters. The summed E-state index contributed by atoms with van der Waals surface area (Å²) in [6.45, 7) is 0. The minimum atomic E-state index is -2.44. The number of rotatable bonds is 4. The standard InChI is InChI=1S/4C2HFO3.4Li/c4*3-1(4)2(5)6;;;;/h4*(H,5,6);;;;/q;;;;4*+1/p-4. The van der Waals surface area contributed by atoms with Gasteiger partial charge in [-0.2, -0.15) is 17.6 Å². The van der Waals surface area contributed by atoms with E-state index in [1.165, 1.54) is 0 Å². The van der Waals surface area contributed by atoms with Gasteiger partial charge in [0.15, 0.2) is 0 Å². The first kappa shape index (κ1) is 50.4. The summed E-state index contributed by atoms with van der Waals surface area (Å²) >= 11 is 0. The Hall–Kier alpha value is -1.33. The van der Waals surface area contributed by atoms with Crippen LogP contribution in [0.25, 0.3) is 0 Å². The Bertz CT molecular complexity index is 412. The average Bonchev–Trinajstić information content (AvgIpc) is 2.40. The van der Waals surface area contributed by atoms with Gasteiger partial charge in [-0.25, -0.2) is 0 Å². The van der Waals surface area contributed by atoms with Gasteiger partial charge in [0.25, 0.3) is 0 Å². The Balaban J connectivity index is -0.0000000303. The van der Waals surface area contributed by atoms with Crippen LogP contribution in [-0.4, -0.2) is 48.0 Å². The van der Waals surface area contributed by atoms with Crippen molar-refractivity contribution in [3.8, 4) is 0 Å². The minimum Gasteiger partial charge on any atom is -0.540 e. The number of carbonyl (C=O) groups excluding carboxylic acids is 8. The zero-order chi connectivity index (χ0) is 20.6. The summed E-state index contributed by atoms with van der Waals surface area (Å²) in [6.07, 6.45) is 0. The number of aliphatic carboxylic acids is 4. The van der Waals surface area contributed by atoms with Crippen molar-refractivity contribution in [2.24, 2.45) is 0 Å². The minimum absolute atomic E-state index is 0. The fourth-order valence-electron chi connectivity index (χ4n) is 0. The molecule has 0 rings (SSSR count). The molecule has 0 amide bonds. The second-order valence-corrected chi connectivity index (χ2v) is 2.24. The topological polar surface area (TPSA) is 229 Å². The Labute approximate surface area is 199 Å². The molecule has 0 aromatic heterocycles. The fourth-order valence-corrected chi connectivity index (χ4v) is 0. The van der Waals surface area contributed by atoms with Gasteiger partial charge in [-0.1, -0.05) is 0 Å². The molecule has 0 saturated heterocycles. The van der Waals surface area contributed by atoms with Crippen molar-refractivity contribution in [1.82, 2.24) is 0 Å². The number of hydrogen-bond acceptors (Lipinski definition) is 12. The van der Waals surface area contributed by atoms with Gasteiger partial charge in [-0.15, -0.1) is 0 Å². The maximum absolute atomic E-state index is 10.5. The van der Waals surface area contributed by atoms with E-state index in [1.54, 1.807) is 0 Å². The number of carbonyl (C=O) groups is 8. The predicted octanol–water partition coefficient (Wildman–Crippen LogP) is -19.1. The second kappa shape index (κ2) is 30.4. The maximum atomic E-state index is 10.5. The third kappa shape index (κ3) is 64.2. The molecule has 0 heterocycles. The summed E-state index contributed by atoms with van der Waals surface area (Å²) in [5, 5.41) is 35.5. The largest absolute Gasteiger partial charge is 1.00 e. The first-order valence-electron chi connectivity index (χ1n) is 4.21. The van der Waals surface area contributed by atoms with E-state index in [1.807, 2.05) is 0 Å². The van der Waals surface area contributed by atoms with E-state index in [0.29, 0.717) is 0 Å². The third-order valence-corrected chi connectivity index (χ3v) is 0.642. The molecule has 0 fully saturated rings. The number of carboxylic acids is 4. The molecular formula is C8F4Li4O12. The molecule has 0 aromatic rings. The zero-order valence-electron chi connectivity index (χ0n) is 14.4. The van der Waals surface area contributed by atoms with Crippen molar-refractivity contribution in [2.75, 3.05) is 0 Å². The first-order valence-corrected chi connectivity index (χ1v) is 4.21. The van der Waals surface area contributed by atoms with Crippen LogP contribution in [0.4, 0.5) is 17.6 Å². The van der Waals surface area contributed by atoms with Gasteiger partial charge in [0.2, 0.25) is 0 Å². The molecule has 12 nitrogen and oxygen atoms in total. The summed E-state index contributed by atoms with van der Waals surface area (Å²) in [4.78, 5) is 70.7. The molecule has 0 aromatic carbocycles. The molecule has 28 heavy (non-hydrogen) atoms. The molecule has 136 valence electrons. The number of hydrogen-bond donors (Lipinski definition) is 0. The van der Waals surface area contributed by atoms with Crippen LogP contribution < -0.4 is 95.9 Å². The van der Waals surface area contributed by atoms with Gasteiger partial charge >= 0.3 is 99.6 Å². The van der Waals surface area contributed by atoms with Crippen LogP contribution in [0.1, 0.15) is 0 Å². The fraction of sp³-hybridized carbons (Fsp3) is 0. The smallest absolute Gasteiger partial charge is 0.540 e. The van der Waals surface area contributed by atoms with Crippen LogP contribution in [0.3, 0.4) is 0 Å². The van der Waals surface area contributed by atoms with Crippen molar-refractivity contribution < 1.29 is 152 Å². The summed E-state index contributed by atoms with van der Waals surface area (Å²) in [7, 11) is 0. The molecule has 0 bridgehead atoms. The van der Waals surface area contributed by atoms with Crippen molar-refractivity contribution in [3.05, 3.63) is 0 Å². The molecule has 0 aliphatic heterocycles. The van der Waals surface area contributed by atoms with Crippen molar-refractivity contribution in [1.29, 1.82) is 0 Å². The van der Waals surface area contributed by atoms with E-state index >= 15 is 0 Å². The maximum Gasteiger partial charge on any atom is 1.00 e. The summed E-state index contributed by atoms with van der Waals surface area (Å²) in [5.74, 6) is -9.19. The molecule has 0 saturated carbocycles. The molecule has 20 heteroatoms. The predicted molar refractivity (Wildman–Crippen MR) is 44.5 cm³/mol. The molecule has 0 aliphatic carbocycles. The summed E-state index contributed by atoms with van der Waals surface area (Å²) in [6, 6.07) is -9.74. The van der Waals surface area contributed by atoms with Gasteiger partial charge in [0.05, 0.1) is 0 Å². The van der Waals surface area contributed by atoms with Gasteiger partial charge in [-0.05, 0) is 0 Å². The number of carboxylic acid groups (broad SMARTS) is 4. The molecule has 0 aliphatic rings. The van der Waals surface area contributed by atoms with Gasteiger partial charge < -0.3 is 39.6 Å². The van der Waals surface area contributed by atoms with Gasteiger partial charge in [0, 0.05) is 0 Å². The van der Waals surface area contributed by atoms with Gasteiger partial charge in [0.1, 0.15) is 23.9 Å². The monoisotopic (exact) mass is 392 g/mol. The van der Waals surface area contributed by atoms with Crippen LogP contribution in [-0.2, 0) is 38.4 Å². The van der Waals surface area contributed by atoms with Crippen LogP contribution in [0, 0.1) is 0 Å². The Morgan fingerprint density at radius 3 is 0.393 bits per heavy atom. The quantitative estimate of drug-likeness (QED) is 0.188. The Kier molecular flexibility index (Phi) is 54.7. The van der Waals surface area contributed by atoms with Crippen LogP contribution in [0.5, 0.6) is 0 Å². The van der Waals surface area contributed by atoms with E-state index in [0.717, 1.165) is 0 Å². The molecule has 0 spiro atoms. The molecule has 0 radical (unpaired) electrons. The van der Waals surface area contributed by atoms with Crippen molar-refractivity contribution >= 4 is 48.0 Å². The van der Waals surface area contributed by atoms with E-state index < -0.39 is 48.0 Å². The average molecular weight is 392 g/mol. The van der Waals surface area contributed by atoms with Crippen molar-refractivity contribution in [3.63, 3.8) is 0 Å². The van der Waals surface area contributed by atoms with E-state index in [9.17, 15) is 17.6 Å². The Morgan fingerprint density at radius 2 is 0.393 bits per heavy atom. The normalized spacial score (nSPS) is 6.43. The SMILES string of the molecule is O=C([O-])C(=O)F.O=C([O-])C(=O)F.O=C([O-])C(=O)F.O=C([O-])C(=O)F.[Li+].[Li+].[Li+].[Li+]. The first-order chi connectivity index (χ1) is 10.6. The van der Waals surface area contributed by atoms with Crippen molar-refractivity contribution in [2.45, 2.75) is 0 Å². The Morgan fingerprint density at radius 1 is 0.357 bits per heavy atom. The second-order valence-electron chi connectivity index (χ2n) is 2.24. The van der Waals surface area contributed by atoms with E-state index in [-0.39, 0.29) is 75.4 Å². The van der Waals surface area contributed by atoms with Gasteiger partial charge in [-0.3, -0.25) is 19.2 Å². The third-order valence-electron chi connectivity index (χ3n) is 0.642. The van der Waals surface area contributed by atoms with E-state index in [2.05, 4.69) is 0 Å². The van der Waals surface area contributed by atoms with E-state index in [4.69, 9.17) is 58.8 Å².